The molecule has 3 heterocycles. The molecule has 0 spiro atoms. The molecule has 38 heavy (non-hydrogen) atoms. The summed E-state index contributed by atoms with van der Waals surface area (Å²) >= 11 is 6.02. The molecule has 7 heteroatoms. The zero-order chi connectivity index (χ0) is 26.5. The van der Waals surface area contributed by atoms with Crippen molar-refractivity contribution in [1.82, 2.24) is 9.88 Å². The van der Waals surface area contributed by atoms with Crippen LogP contribution in [0.5, 0.6) is 5.88 Å². The molecule has 0 bridgehead atoms. The second-order valence-electron chi connectivity index (χ2n) is 9.95. The molecule has 6 nitrogen and oxygen atoms in total. The summed E-state index contributed by atoms with van der Waals surface area (Å²) in [6.07, 6.45) is 14.4. The second kappa shape index (κ2) is 11.7. The Morgan fingerprint density at radius 2 is 2.05 bits per heavy atom. The fourth-order valence-corrected chi connectivity index (χ4v) is 5.29. The van der Waals surface area contributed by atoms with Gasteiger partial charge in [-0.25, -0.2) is 4.98 Å². The van der Waals surface area contributed by atoms with Crippen LogP contribution in [0.4, 0.5) is 0 Å². The van der Waals surface area contributed by atoms with E-state index in [9.17, 15) is 9.90 Å². The number of carbonyl (C=O) groups excluding carboxylic acids is 1. The largest absolute Gasteiger partial charge is 0.465 e. The summed E-state index contributed by atoms with van der Waals surface area (Å²) in [5.74, 6) is 0.347. The van der Waals surface area contributed by atoms with Gasteiger partial charge in [0.2, 0.25) is 5.88 Å². The lowest BCUT2D eigenvalue weighted by Gasteiger charge is -2.38. The Balaban J connectivity index is 1.31. The van der Waals surface area contributed by atoms with Crippen LogP contribution in [0.25, 0.3) is 5.57 Å². The number of allylic oxidation sites excluding steroid dienone is 5. The molecule has 1 saturated heterocycles. The summed E-state index contributed by atoms with van der Waals surface area (Å²) < 4.78 is 11.6. The lowest BCUT2D eigenvalue weighted by atomic mass is 9.84. The molecule has 5 rings (SSSR count). The number of rotatable bonds is 7. The van der Waals surface area contributed by atoms with Gasteiger partial charge in [-0.05, 0) is 73.2 Å². The van der Waals surface area contributed by atoms with Gasteiger partial charge in [0.05, 0.1) is 12.2 Å². The highest BCUT2D eigenvalue weighted by atomic mass is 35.5. The normalized spacial score (nSPS) is 21.4. The molecular formula is C31H33ClN2O4. The van der Waals surface area contributed by atoms with Crippen molar-refractivity contribution in [2.24, 2.45) is 5.92 Å². The van der Waals surface area contributed by atoms with Crippen molar-refractivity contribution in [1.29, 1.82) is 0 Å². The Bertz CT molecular complexity index is 1290. The number of ether oxygens (including phenoxy) is 2. The number of likely N-dealkylation sites (tertiary alicyclic amines) is 1. The van der Waals surface area contributed by atoms with E-state index < -0.39 is 11.5 Å². The predicted octanol–water partition coefficient (Wildman–Crippen LogP) is 5.83. The van der Waals surface area contributed by atoms with Crippen LogP contribution in [-0.4, -0.2) is 47.2 Å². The first-order valence-electron chi connectivity index (χ1n) is 13.3. The Hall–Kier alpha value is -3.19. The predicted molar refractivity (Wildman–Crippen MR) is 149 cm³/mol. The molecule has 3 aliphatic rings. The van der Waals surface area contributed by atoms with Crippen LogP contribution in [-0.2, 0) is 15.1 Å². The van der Waals surface area contributed by atoms with Crippen molar-refractivity contribution in [2.45, 2.75) is 38.2 Å². The van der Waals surface area contributed by atoms with Gasteiger partial charge in [0, 0.05) is 42.0 Å². The molecule has 1 unspecified atom stereocenters. The minimum atomic E-state index is -0.814. The van der Waals surface area contributed by atoms with E-state index in [4.69, 9.17) is 21.1 Å². The number of piperidine rings is 1. The van der Waals surface area contributed by atoms with E-state index in [1.807, 2.05) is 67.6 Å². The van der Waals surface area contributed by atoms with E-state index in [1.165, 1.54) is 0 Å². The topological polar surface area (TPSA) is 71.9 Å². The van der Waals surface area contributed by atoms with Gasteiger partial charge in [0.25, 0.3) is 0 Å². The average molecular weight is 533 g/mol. The summed E-state index contributed by atoms with van der Waals surface area (Å²) in [5, 5.41) is 11.9. The maximum absolute atomic E-state index is 12.8. The van der Waals surface area contributed by atoms with Crippen LogP contribution in [0.2, 0.25) is 5.02 Å². The Labute approximate surface area is 228 Å². The van der Waals surface area contributed by atoms with Crippen molar-refractivity contribution >= 4 is 23.1 Å². The number of fused-ring (bicyclic) bond motifs is 2. The molecule has 0 radical (unpaired) electrons. The van der Waals surface area contributed by atoms with E-state index >= 15 is 0 Å². The Morgan fingerprint density at radius 1 is 1.26 bits per heavy atom. The fourth-order valence-electron chi connectivity index (χ4n) is 5.17. The SMILES string of the molecule is CCCOC(=O)C1C=CC=C2Oc3ncccc3C(=CCCN3CCC(O)(c4ccc(Cl)cc4)CC3)C=C21. The van der Waals surface area contributed by atoms with Gasteiger partial charge in [-0.3, -0.25) is 4.79 Å². The Kier molecular flexibility index (Phi) is 8.12. The molecule has 0 amide bonds. The average Bonchev–Trinajstić information content (AvgIpc) is 3.09. The molecule has 1 aromatic heterocycles. The first kappa shape index (κ1) is 26.4. The lowest BCUT2D eigenvalue weighted by molar-refractivity contribution is -0.145. The first-order chi connectivity index (χ1) is 18.5. The first-order valence-corrected chi connectivity index (χ1v) is 13.7. The molecule has 2 aromatic rings. The zero-order valence-corrected chi connectivity index (χ0v) is 22.4. The second-order valence-corrected chi connectivity index (χ2v) is 10.4. The van der Waals surface area contributed by atoms with Crippen molar-refractivity contribution < 1.29 is 19.4 Å². The number of aromatic nitrogens is 1. The highest BCUT2D eigenvalue weighted by molar-refractivity contribution is 6.30. The highest BCUT2D eigenvalue weighted by Gasteiger charge is 2.34. The lowest BCUT2D eigenvalue weighted by Crippen LogP contribution is -2.42. The van der Waals surface area contributed by atoms with Crippen LogP contribution >= 0.6 is 11.6 Å². The molecule has 2 aliphatic heterocycles. The molecule has 1 N–H and O–H groups in total. The molecule has 1 aliphatic carbocycles. The van der Waals surface area contributed by atoms with Gasteiger partial charge < -0.3 is 19.5 Å². The number of esters is 1. The monoisotopic (exact) mass is 532 g/mol. The molecule has 0 saturated carbocycles. The number of benzene rings is 1. The summed E-state index contributed by atoms with van der Waals surface area (Å²) in [4.78, 5) is 19.7. The number of halogens is 1. The smallest absolute Gasteiger partial charge is 0.317 e. The van der Waals surface area contributed by atoms with Crippen LogP contribution in [0.3, 0.4) is 0 Å². The number of carbonyl (C=O) groups is 1. The molecule has 1 atom stereocenters. The fraction of sp³-hybridized carbons (Fsp3) is 0.355. The van der Waals surface area contributed by atoms with Gasteiger partial charge in [-0.2, -0.15) is 0 Å². The maximum Gasteiger partial charge on any atom is 0.317 e. The molecular weight excluding hydrogens is 500 g/mol. The number of hydrogen-bond acceptors (Lipinski definition) is 6. The third-order valence-electron chi connectivity index (χ3n) is 7.35. The van der Waals surface area contributed by atoms with Gasteiger partial charge in [0.15, 0.2) is 0 Å². The van der Waals surface area contributed by atoms with Crippen LogP contribution in [0.15, 0.2) is 84.3 Å². The summed E-state index contributed by atoms with van der Waals surface area (Å²) in [6, 6.07) is 11.4. The maximum atomic E-state index is 12.8. The zero-order valence-electron chi connectivity index (χ0n) is 21.6. The van der Waals surface area contributed by atoms with Crippen molar-refractivity contribution in [2.75, 3.05) is 26.2 Å². The minimum Gasteiger partial charge on any atom is -0.465 e. The van der Waals surface area contributed by atoms with E-state index in [0.717, 1.165) is 54.7 Å². The quantitative estimate of drug-likeness (QED) is 0.452. The molecule has 1 aromatic carbocycles. The number of pyridine rings is 1. The van der Waals surface area contributed by atoms with E-state index in [0.29, 0.717) is 36.1 Å². The van der Waals surface area contributed by atoms with E-state index in [1.54, 1.807) is 6.20 Å². The standard InChI is InChI=1S/C31H33ClN2O4/c1-2-20-37-30(35)26-7-3-9-28-27(26)21-22(25-8-4-16-33-29(25)38-28)6-5-17-34-18-14-31(36,15-19-34)23-10-12-24(32)13-11-23/h3-4,6-13,16,21,26,36H,2,5,14-15,17-20H2,1H3. The molecule has 1 fully saturated rings. The van der Waals surface area contributed by atoms with Crippen LogP contribution < -0.4 is 4.74 Å². The number of aliphatic hydroxyl groups is 1. The van der Waals surface area contributed by atoms with Crippen molar-refractivity contribution in [3.05, 3.63) is 100 Å². The van der Waals surface area contributed by atoms with Gasteiger partial charge >= 0.3 is 5.97 Å². The number of hydrogen-bond donors (Lipinski definition) is 1. The van der Waals surface area contributed by atoms with Gasteiger partial charge in [0.1, 0.15) is 11.7 Å². The third kappa shape index (κ3) is 5.78. The summed E-state index contributed by atoms with van der Waals surface area (Å²) in [7, 11) is 0. The third-order valence-corrected chi connectivity index (χ3v) is 7.60. The van der Waals surface area contributed by atoms with Crippen molar-refractivity contribution in [3.8, 4) is 5.88 Å². The molecule has 198 valence electrons. The van der Waals surface area contributed by atoms with Crippen molar-refractivity contribution in [3.63, 3.8) is 0 Å². The van der Waals surface area contributed by atoms with E-state index in [-0.39, 0.29) is 5.97 Å². The van der Waals surface area contributed by atoms with E-state index in [2.05, 4.69) is 16.0 Å². The van der Waals surface area contributed by atoms with Gasteiger partial charge in [-0.1, -0.05) is 48.9 Å². The number of nitrogens with zero attached hydrogens (tertiary/aromatic N) is 2. The Morgan fingerprint density at radius 3 is 2.82 bits per heavy atom. The summed E-state index contributed by atoms with van der Waals surface area (Å²) in [6.45, 7) is 4.86. The minimum absolute atomic E-state index is 0.275. The van der Waals surface area contributed by atoms with Crippen LogP contribution in [0.1, 0.15) is 43.7 Å². The highest BCUT2D eigenvalue weighted by Crippen LogP contribution is 2.38. The van der Waals surface area contributed by atoms with Crippen LogP contribution in [0, 0.1) is 5.92 Å². The van der Waals surface area contributed by atoms with Gasteiger partial charge in [-0.15, -0.1) is 0 Å². The summed E-state index contributed by atoms with van der Waals surface area (Å²) in [5.41, 5.74) is 2.77.